The fourth-order valence-corrected chi connectivity index (χ4v) is 3.02. The molecular formula is C16H20N4O3. The number of hydrogen-bond donors (Lipinski definition) is 1. The molecule has 0 saturated carbocycles. The Morgan fingerprint density at radius 3 is 2.96 bits per heavy atom. The van der Waals surface area contributed by atoms with Crippen LogP contribution in [0, 0.1) is 13.8 Å². The van der Waals surface area contributed by atoms with E-state index in [2.05, 4.69) is 15.1 Å². The molecule has 23 heavy (non-hydrogen) atoms. The lowest BCUT2D eigenvalue weighted by Crippen LogP contribution is -2.40. The maximum atomic E-state index is 12.4. The molecule has 122 valence electrons. The zero-order chi connectivity index (χ0) is 16.4. The molecule has 0 radical (unpaired) electrons. The number of carbonyl (C=O) groups is 1. The summed E-state index contributed by atoms with van der Waals surface area (Å²) >= 11 is 0. The Bertz CT molecular complexity index is 765. The van der Waals surface area contributed by atoms with Gasteiger partial charge in [-0.1, -0.05) is 5.16 Å². The smallest absolute Gasteiger partial charge is 0.251 e. The van der Waals surface area contributed by atoms with Crippen molar-refractivity contribution >= 4 is 5.91 Å². The number of nitrogens with zero attached hydrogens (tertiary/aromatic N) is 3. The maximum absolute atomic E-state index is 12.4. The second kappa shape index (κ2) is 6.36. The third kappa shape index (κ3) is 3.67. The van der Waals surface area contributed by atoms with Gasteiger partial charge in [-0.15, -0.1) is 0 Å². The third-order valence-electron chi connectivity index (χ3n) is 4.07. The molecule has 1 N–H and O–H groups in total. The van der Waals surface area contributed by atoms with Crippen molar-refractivity contribution in [3.63, 3.8) is 0 Å². The van der Waals surface area contributed by atoms with Gasteiger partial charge < -0.3 is 14.4 Å². The van der Waals surface area contributed by atoms with Gasteiger partial charge in [0.25, 0.3) is 5.56 Å². The first-order valence-electron chi connectivity index (χ1n) is 7.79. The highest BCUT2D eigenvalue weighted by molar-refractivity contribution is 5.78. The van der Waals surface area contributed by atoms with Crippen LogP contribution in [-0.4, -0.2) is 39.0 Å². The molecule has 0 bridgehead atoms. The largest absolute Gasteiger partial charge is 0.361 e. The van der Waals surface area contributed by atoms with E-state index in [-0.39, 0.29) is 23.8 Å². The minimum absolute atomic E-state index is 0.0208. The molecule has 1 amide bonds. The summed E-state index contributed by atoms with van der Waals surface area (Å²) in [7, 11) is 0. The Morgan fingerprint density at radius 1 is 1.43 bits per heavy atom. The van der Waals surface area contributed by atoms with E-state index < -0.39 is 0 Å². The Labute approximate surface area is 133 Å². The van der Waals surface area contributed by atoms with Gasteiger partial charge in [0, 0.05) is 31.1 Å². The van der Waals surface area contributed by atoms with E-state index in [1.54, 1.807) is 13.0 Å². The molecule has 3 rings (SSSR count). The Kier molecular flexibility index (Phi) is 4.27. The molecule has 0 spiro atoms. The molecule has 7 nitrogen and oxygen atoms in total. The van der Waals surface area contributed by atoms with Crippen LogP contribution < -0.4 is 5.56 Å². The van der Waals surface area contributed by atoms with E-state index in [4.69, 9.17) is 4.52 Å². The Balaban J connectivity index is 1.70. The standard InChI is InChI=1S/C16H20N4O3/c1-10-6-13(23-19-10)7-16(22)20-5-3-4-12(9-20)14-8-15(21)18-11(2)17-14/h6,8,12H,3-5,7,9H2,1-2H3,(H,17,18,21)/t12-/m1/s1. The summed E-state index contributed by atoms with van der Waals surface area (Å²) in [5.41, 5.74) is 1.39. The number of nitrogens with one attached hydrogen (secondary N) is 1. The van der Waals surface area contributed by atoms with Gasteiger partial charge in [0.05, 0.1) is 17.8 Å². The highest BCUT2D eigenvalue weighted by atomic mass is 16.5. The highest BCUT2D eigenvalue weighted by Crippen LogP contribution is 2.25. The SMILES string of the molecule is Cc1cc(CC(=O)N2CCC[C@@H](c3cc(=O)[nH]c(C)n3)C2)on1. The van der Waals surface area contributed by atoms with Crippen molar-refractivity contribution in [1.29, 1.82) is 0 Å². The lowest BCUT2D eigenvalue weighted by Gasteiger charge is -2.32. The van der Waals surface area contributed by atoms with Gasteiger partial charge in [-0.25, -0.2) is 4.98 Å². The number of hydrogen-bond acceptors (Lipinski definition) is 5. The van der Waals surface area contributed by atoms with E-state index in [1.807, 2.05) is 11.8 Å². The molecule has 1 atom stereocenters. The number of rotatable bonds is 3. The van der Waals surface area contributed by atoms with Crippen molar-refractivity contribution in [2.75, 3.05) is 13.1 Å². The van der Waals surface area contributed by atoms with Crippen LogP contribution in [0.1, 0.15) is 41.7 Å². The summed E-state index contributed by atoms with van der Waals surface area (Å²) in [6, 6.07) is 3.31. The number of H-pyrrole nitrogens is 1. The first kappa shape index (κ1) is 15.5. The van der Waals surface area contributed by atoms with Crippen LogP contribution in [0.15, 0.2) is 21.5 Å². The van der Waals surface area contributed by atoms with Crippen molar-refractivity contribution in [2.24, 2.45) is 0 Å². The average molecular weight is 316 g/mol. The van der Waals surface area contributed by atoms with Gasteiger partial charge >= 0.3 is 0 Å². The van der Waals surface area contributed by atoms with E-state index in [1.165, 1.54) is 6.07 Å². The molecule has 1 aliphatic heterocycles. The van der Waals surface area contributed by atoms with Crippen LogP contribution in [-0.2, 0) is 11.2 Å². The van der Waals surface area contributed by atoms with Crippen LogP contribution in [0.4, 0.5) is 0 Å². The lowest BCUT2D eigenvalue weighted by molar-refractivity contribution is -0.132. The van der Waals surface area contributed by atoms with E-state index in [9.17, 15) is 9.59 Å². The van der Waals surface area contributed by atoms with E-state index in [0.29, 0.717) is 18.1 Å². The molecule has 2 aromatic rings. The summed E-state index contributed by atoms with van der Waals surface area (Å²) in [6.07, 6.45) is 2.05. The summed E-state index contributed by atoms with van der Waals surface area (Å²) in [5.74, 6) is 1.31. The minimum Gasteiger partial charge on any atom is -0.361 e. The first-order valence-corrected chi connectivity index (χ1v) is 7.79. The molecule has 1 fully saturated rings. The number of carbonyl (C=O) groups excluding carboxylic acids is 1. The number of piperidine rings is 1. The fraction of sp³-hybridized carbons (Fsp3) is 0.500. The van der Waals surface area contributed by atoms with Crippen molar-refractivity contribution in [2.45, 2.75) is 39.0 Å². The quantitative estimate of drug-likeness (QED) is 0.922. The van der Waals surface area contributed by atoms with Crippen LogP contribution in [0.2, 0.25) is 0 Å². The van der Waals surface area contributed by atoms with Crippen molar-refractivity contribution in [3.8, 4) is 0 Å². The molecule has 7 heteroatoms. The van der Waals surface area contributed by atoms with Crippen molar-refractivity contribution in [1.82, 2.24) is 20.0 Å². The summed E-state index contributed by atoms with van der Waals surface area (Å²) in [6.45, 7) is 4.91. The molecule has 0 aromatic carbocycles. The predicted molar refractivity (Wildman–Crippen MR) is 83.1 cm³/mol. The summed E-state index contributed by atoms with van der Waals surface area (Å²) < 4.78 is 5.11. The molecule has 3 heterocycles. The van der Waals surface area contributed by atoms with Crippen molar-refractivity contribution < 1.29 is 9.32 Å². The molecule has 2 aromatic heterocycles. The number of aromatic amines is 1. The molecule has 1 aliphatic rings. The Morgan fingerprint density at radius 2 is 2.26 bits per heavy atom. The summed E-state index contributed by atoms with van der Waals surface area (Å²) in [5, 5.41) is 3.80. The Hall–Kier alpha value is -2.44. The molecule has 0 unspecified atom stereocenters. The van der Waals surface area contributed by atoms with Gasteiger partial charge in [0.15, 0.2) is 0 Å². The molecule has 1 saturated heterocycles. The predicted octanol–water partition coefficient (Wildman–Crippen LogP) is 1.32. The van der Waals surface area contributed by atoms with E-state index >= 15 is 0 Å². The van der Waals surface area contributed by atoms with Gasteiger partial charge in [0.2, 0.25) is 5.91 Å². The van der Waals surface area contributed by atoms with Gasteiger partial charge in [-0.05, 0) is 26.7 Å². The molecular weight excluding hydrogens is 296 g/mol. The lowest BCUT2D eigenvalue weighted by atomic mass is 9.94. The van der Waals surface area contributed by atoms with Crippen LogP contribution in [0.5, 0.6) is 0 Å². The zero-order valence-corrected chi connectivity index (χ0v) is 13.3. The van der Waals surface area contributed by atoms with Gasteiger partial charge in [-0.3, -0.25) is 9.59 Å². The minimum atomic E-state index is -0.145. The monoisotopic (exact) mass is 316 g/mol. The first-order chi connectivity index (χ1) is 11.0. The van der Waals surface area contributed by atoms with Crippen LogP contribution in [0.3, 0.4) is 0 Å². The van der Waals surface area contributed by atoms with Crippen molar-refractivity contribution in [3.05, 3.63) is 45.5 Å². The fourth-order valence-electron chi connectivity index (χ4n) is 3.02. The number of aromatic nitrogens is 3. The number of aryl methyl sites for hydroxylation is 2. The van der Waals surface area contributed by atoms with Crippen LogP contribution >= 0.6 is 0 Å². The average Bonchev–Trinajstić information content (AvgIpc) is 2.91. The van der Waals surface area contributed by atoms with Gasteiger partial charge in [0.1, 0.15) is 11.6 Å². The molecule has 0 aliphatic carbocycles. The number of likely N-dealkylation sites (tertiary alicyclic amines) is 1. The maximum Gasteiger partial charge on any atom is 0.251 e. The summed E-state index contributed by atoms with van der Waals surface area (Å²) in [4.78, 5) is 32.9. The normalized spacial score (nSPS) is 18.2. The van der Waals surface area contributed by atoms with Crippen LogP contribution in [0.25, 0.3) is 0 Å². The van der Waals surface area contributed by atoms with Gasteiger partial charge in [-0.2, -0.15) is 0 Å². The topological polar surface area (TPSA) is 92.1 Å². The number of amides is 1. The van der Waals surface area contributed by atoms with E-state index in [0.717, 1.165) is 30.8 Å². The third-order valence-corrected chi connectivity index (χ3v) is 4.07. The second-order valence-corrected chi connectivity index (χ2v) is 6.05. The second-order valence-electron chi connectivity index (χ2n) is 6.05. The highest BCUT2D eigenvalue weighted by Gasteiger charge is 2.26. The zero-order valence-electron chi connectivity index (χ0n) is 13.3.